The normalized spacial score (nSPS) is 10.0. The lowest BCUT2D eigenvalue weighted by Crippen LogP contribution is -1.97. The van der Waals surface area contributed by atoms with Crippen molar-refractivity contribution in [3.63, 3.8) is 0 Å². The van der Waals surface area contributed by atoms with Gasteiger partial charge in [-0.15, -0.1) is 0 Å². The molecule has 0 aliphatic heterocycles. The van der Waals surface area contributed by atoms with Crippen molar-refractivity contribution in [3.05, 3.63) is 29.0 Å². The molecule has 1 aromatic carbocycles. The van der Waals surface area contributed by atoms with Crippen LogP contribution in [0.15, 0.2) is 24.3 Å². The van der Waals surface area contributed by atoms with Crippen molar-refractivity contribution in [2.75, 3.05) is 14.2 Å². The highest BCUT2D eigenvalue weighted by Gasteiger charge is 2.04. The van der Waals surface area contributed by atoms with Gasteiger partial charge < -0.3 is 9.47 Å². The van der Waals surface area contributed by atoms with E-state index in [4.69, 9.17) is 21.7 Å². The number of hydrogen-bond acceptors (Lipinski definition) is 5. The summed E-state index contributed by atoms with van der Waals surface area (Å²) in [6, 6.07) is 7.82. The van der Waals surface area contributed by atoms with Crippen LogP contribution in [0.4, 0.5) is 0 Å². The monoisotopic (exact) mass is 249 g/mol. The van der Waals surface area contributed by atoms with Gasteiger partial charge in [0.1, 0.15) is 11.6 Å². The molecule has 1 aromatic heterocycles. The molecular weight excluding hydrogens is 238 g/mol. The number of hydrogen-bond donors (Lipinski definition) is 1. The van der Waals surface area contributed by atoms with E-state index in [1.165, 1.54) is 7.11 Å². The van der Waals surface area contributed by atoms with Gasteiger partial charge in [-0.25, -0.2) is 4.98 Å². The Kier molecular flexibility index (Phi) is 3.34. The van der Waals surface area contributed by atoms with Crippen LogP contribution in [0.3, 0.4) is 0 Å². The third-order valence-corrected chi connectivity index (χ3v) is 2.35. The van der Waals surface area contributed by atoms with Crippen LogP contribution in [-0.2, 0) is 0 Å². The van der Waals surface area contributed by atoms with Crippen LogP contribution >= 0.6 is 12.2 Å². The molecule has 1 heterocycles. The fourth-order valence-electron chi connectivity index (χ4n) is 1.37. The number of H-pyrrole nitrogens is 1. The van der Waals surface area contributed by atoms with Crippen LogP contribution in [-0.4, -0.2) is 29.2 Å². The molecule has 6 heteroatoms. The van der Waals surface area contributed by atoms with Gasteiger partial charge in [0.2, 0.25) is 4.77 Å². The first kappa shape index (κ1) is 11.5. The van der Waals surface area contributed by atoms with Gasteiger partial charge in [0.05, 0.1) is 14.2 Å². The average molecular weight is 249 g/mol. The molecule has 0 radical (unpaired) electrons. The van der Waals surface area contributed by atoms with Crippen LogP contribution in [0.25, 0.3) is 11.4 Å². The molecule has 0 spiro atoms. The molecule has 0 amide bonds. The Labute approximate surface area is 103 Å². The van der Waals surface area contributed by atoms with Gasteiger partial charge in [-0.05, 0) is 24.4 Å². The number of ether oxygens (including phenoxy) is 2. The Bertz CT molecular complexity index is 583. The molecule has 2 aromatic rings. The molecule has 0 aliphatic rings. The molecule has 0 saturated heterocycles. The van der Waals surface area contributed by atoms with E-state index in [0.29, 0.717) is 11.8 Å². The molecule has 5 nitrogen and oxygen atoms in total. The van der Waals surface area contributed by atoms with Crippen molar-refractivity contribution < 1.29 is 9.47 Å². The molecule has 88 valence electrons. The lowest BCUT2D eigenvalue weighted by molar-refractivity contribution is 0.378. The maximum atomic E-state index is 5.15. The van der Waals surface area contributed by atoms with E-state index in [2.05, 4.69) is 15.0 Å². The Balaban J connectivity index is 2.51. The molecule has 1 N–H and O–H groups in total. The first-order valence-corrected chi connectivity index (χ1v) is 5.30. The van der Waals surface area contributed by atoms with Gasteiger partial charge in [-0.2, -0.15) is 4.98 Å². The maximum Gasteiger partial charge on any atom is 0.297 e. The number of nitrogens with one attached hydrogen (secondary N) is 1. The summed E-state index contributed by atoms with van der Waals surface area (Å²) >= 11 is 4.96. The number of aromatic amines is 1. The number of aromatic nitrogens is 3. The predicted molar refractivity (Wildman–Crippen MR) is 65.8 cm³/mol. The van der Waals surface area contributed by atoms with E-state index in [9.17, 15) is 0 Å². The highest BCUT2D eigenvalue weighted by Crippen LogP contribution is 2.21. The van der Waals surface area contributed by atoms with E-state index >= 15 is 0 Å². The maximum absolute atomic E-state index is 5.15. The lowest BCUT2D eigenvalue weighted by Gasteiger charge is -2.05. The first-order chi connectivity index (χ1) is 8.22. The molecule has 0 saturated carbocycles. The van der Waals surface area contributed by atoms with Crippen molar-refractivity contribution in [3.8, 4) is 23.1 Å². The standard InChI is InChI=1S/C11H11N3O2S/c1-15-8-5-3-4-7(6-8)9-12-10(16-2)14-11(17)13-9/h3-6H,1-2H3,(H,12,13,14,17). The molecular formula is C11H11N3O2S. The summed E-state index contributed by atoms with van der Waals surface area (Å²) in [4.78, 5) is 11.0. The molecule has 2 rings (SSSR count). The lowest BCUT2D eigenvalue weighted by atomic mass is 10.2. The van der Waals surface area contributed by atoms with Crippen LogP contribution < -0.4 is 9.47 Å². The number of benzene rings is 1. The zero-order chi connectivity index (χ0) is 12.3. The van der Waals surface area contributed by atoms with E-state index in [0.717, 1.165) is 11.3 Å². The smallest absolute Gasteiger partial charge is 0.297 e. The molecule has 17 heavy (non-hydrogen) atoms. The number of rotatable bonds is 3. The summed E-state index contributed by atoms with van der Waals surface area (Å²) in [5.74, 6) is 1.35. The fourth-order valence-corrected chi connectivity index (χ4v) is 1.54. The van der Waals surface area contributed by atoms with Gasteiger partial charge in [0.15, 0.2) is 0 Å². The quantitative estimate of drug-likeness (QED) is 0.845. The second kappa shape index (κ2) is 4.92. The zero-order valence-corrected chi connectivity index (χ0v) is 10.2. The number of methoxy groups -OCH3 is 2. The Hall–Kier alpha value is -1.95. The summed E-state index contributed by atoms with van der Waals surface area (Å²) in [6.07, 6.45) is 0. The minimum atomic E-state index is 0.235. The summed E-state index contributed by atoms with van der Waals surface area (Å²) in [7, 11) is 3.13. The highest BCUT2D eigenvalue weighted by atomic mass is 32.1. The summed E-state index contributed by atoms with van der Waals surface area (Å²) < 4.78 is 10.4. The molecule has 0 bridgehead atoms. The van der Waals surface area contributed by atoms with Crippen molar-refractivity contribution in [2.45, 2.75) is 0 Å². The molecule has 0 fully saturated rings. The molecule has 0 aliphatic carbocycles. The largest absolute Gasteiger partial charge is 0.497 e. The van der Waals surface area contributed by atoms with Crippen molar-refractivity contribution >= 4 is 12.2 Å². The van der Waals surface area contributed by atoms with Crippen LogP contribution in [0.1, 0.15) is 0 Å². The van der Waals surface area contributed by atoms with Crippen LogP contribution in [0, 0.1) is 4.77 Å². The van der Waals surface area contributed by atoms with Gasteiger partial charge in [-0.3, -0.25) is 4.98 Å². The molecule has 0 unspecified atom stereocenters. The third-order valence-electron chi connectivity index (χ3n) is 2.17. The van der Waals surface area contributed by atoms with E-state index in [-0.39, 0.29) is 4.77 Å². The highest BCUT2D eigenvalue weighted by molar-refractivity contribution is 7.71. The van der Waals surface area contributed by atoms with Crippen LogP contribution in [0.2, 0.25) is 0 Å². The van der Waals surface area contributed by atoms with Crippen LogP contribution in [0.5, 0.6) is 11.8 Å². The summed E-state index contributed by atoms with van der Waals surface area (Å²) in [5, 5.41) is 0. The van der Waals surface area contributed by atoms with E-state index in [1.807, 2.05) is 24.3 Å². The minimum absolute atomic E-state index is 0.235. The first-order valence-electron chi connectivity index (χ1n) is 4.89. The van der Waals surface area contributed by atoms with Gasteiger partial charge in [-0.1, -0.05) is 12.1 Å². The third kappa shape index (κ3) is 2.59. The number of nitrogens with zero attached hydrogens (tertiary/aromatic N) is 2. The van der Waals surface area contributed by atoms with Gasteiger partial charge >= 0.3 is 0 Å². The zero-order valence-electron chi connectivity index (χ0n) is 9.43. The Morgan fingerprint density at radius 2 is 2.00 bits per heavy atom. The Morgan fingerprint density at radius 1 is 1.18 bits per heavy atom. The predicted octanol–water partition coefficient (Wildman–Crippen LogP) is 2.22. The summed E-state index contributed by atoms with van der Waals surface area (Å²) in [5.41, 5.74) is 0.858. The topological polar surface area (TPSA) is 60.0 Å². The average Bonchev–Trinajstić information content (AvgIpc) is 2.38. The fraction of sp³-hybridized carbons (Fsp3) is 0.182. The van der Waals surface area contributed by atoms with Gasteiger partial charge in [0, 0.05) is 5.56 Å². The second-order valence-electron chi connectivity index (χ2n) is 3.22. The van der Waals surface area contributed by atoms with Crippen molar-refractivity contribution in [1.29, 1.82) is 0 Å². The van der Waals surface area contributed by atoms with Crippen molar-refractivity contribution in [1.82, 2.24) is 15.0 Å². The van der Waals surface area contributed by atoms with Crippen molar-refractivity contribution in [2.24, 2.45) is 0 Å². The van der Waals surface area contributed by atoms with E-state index < -0.39 is 0 Å². The van der Waals surface area contributed by atoms with E-state index in [1.54, 1.807) is 7.11 Å². The van der Waals surface area contributed by atoms with Gasteiger partial charge in [0.25, 0.3) is 6.01 Å². The Morgan fingerprint density at radius 3 is 2.71 bits per heavy atom. The summed E-state index contributed by atoms with van der Waals surface area (Å²) in [6.45, 7) is 0. The SMILES string of the molecule is COc1cccc(-c2nc(=S)nc(OC)[nH]2)c1. The minimum Gasteiger partial charge on any atom is -0.497 e. The molecule has 0 atom stereocenters. The second-order valence-corrected chi connectivity index (χ2v) is 3.59.